The second-order valence-electron chi connectivity index (χ2n) is 7.60. The highest BCUT2D eigenvalue weighted by atomic mass is 35.5. The molecule has 172 valence electrons. The van der Waals surface area contributed by atoms with E-state index in [1.165, 1.54) is 0 Å². The molecule has 0 atom stereocenters. The van der Waals surface area contributed by atoms with Gasteiger partial charge < -0.3 is 20.7 Å². The van der Waals surface area contributed by atoms with Gasteiger partial charge in [0.05, 0.1) is 6.33 Å². The van der Waals surface area contributed by atoms with E-state index in [2.05, 4.69) is 25.6 Å². The van der Waals surface area contributed by atoms with Gasteiger partial charge in [0.25, 0.3) is 0 Å². The number of rotatable bonds is 9. The van der Waals surface area contributed by atoms with E-state index in [1.807, 2.05) is 49.4 Å². The van der Waals surface area contributed by atoms with Crippen molar-refractivity contribution in [2.75, 3.05) is 17.2 Å². The van der Waals surface area contributed by atoms with Crippen LogP contribution in [0.15, 0.2) is 67.3 Å². The molecular formula is C25H23ClN6O2. The molecular weight excluding hydrogens is 452 g/mol. The number of aromatic nitrogens is 4. The van der Waals surface area contributed by atoms with Crippen LogP contribution in [0.2, 0.25) is 5.02 Å². The summed E-state index contributed by atoms with van der Waals surface area (Å²) in [5, 5.41) is 16.2. The maximum Gasteiger partial charge on any atom is 0.328 e. The Morgan fingerprint density at radius 2 is 2.09 bits per heavy atom. The molecule has 8 nitrogen and oxygen atoms in total. The minimum atomic E-state index is -0.999. The molecule has 2 heterocycles. The van der Waals surface area contributed by atoms with Crippen LogP contribution in [0.3, 0.4) is 0 Å². The monoisotopic (exact) mass is 474 g/mol. The number of aromatic amines is 1. The van der Waals surface area contributed by atoms with Crippen molar-refractivity contribution in [3.8, 4) is 11.1 Å². The van der Waals surface area contributed by atoms with Crippen LogP contribution in [-0.2, 0) is 11.2 Å². The molecule has 0 aliphatic heterocycles. The van der Waals surface area contributed by atoms with E-state index in [-0.39, 0.29) is 0 Å². The Hall–Kier alpha value is -4.17. The minimum absolute atomic E-state index is 0.426. The lowest BCUT2D eigenvalue weighted by atomic mass is 10.0. The predicted octanol–water partition coefficient (Wildman–Crippen LogP) is 5.32. The van der Waals surface area contributed by atoms with Gasteiger partial charge in [-0.25, -0.2) is 14.8 Å². The van der Waals surface area contributed by atoms with Gasteiger partial charge in [-0.05, 0) is 47.9 Å². The number of aryl methyl sites for hydroxylation is 1. The summed E-state index contributed by atoms with van der Waals surface area (Å²) >= 11 is 6.25. The van der Waals surface area contributed by atoms with E-state index in [4.69, 9.17) is 21.7 Å². The number of carbonyl (C=O) groups is 1. The Morgan fingerprint density at radius 1 is 1.21 bits per heavy atom. The lowest BCUT2D eigenvalue weighted by Gasteiger charge is -2.14. The highest BCUT2D eigenvalue weighted by molar-refractivity contribution is 6.31. The van der Waals surface area contributed by atoms with Crippen molar-refractivity contribution in [3.63, 3.8) is 0 Å². The van der Waals surface area contributed by atoms with Crippen LogP contribution >= 0.6 is 11.6 Å². The summed E-state index contributed by atoms with van der Waals surface area (Å²) in [6, 6.07) is 13.2. The van der Waals surface area contributed by atoms with E-state index in [1.54, 1.807) is 24.8 Å². The highest BCUT2D eigenvalue weighted by Gasteiger charge is 2.11. The third-order valence-electron chi connectivity index (χ3n) is 5.07. The molecule has 0 unspecified atom stereocenters. The zero-order chi connectivity index (χ0) is 23.9. The number of carboxylic acids is 1. The van der Waals surface area contributed by atoms with Gasteiger partial charge in [0.15, 0.2) is 0 Å². The average Bonchev–Trinajstić information content (AvgIpc) is 3.34. The molecule has 0 amide bonds. The van der Waals surface area contributed by atoms with Gasteiger partial charge in [0.1, 0.15) is 5.82 Å². The number of imidazole rings is 1. The van der Waals surface area contributed by atoms with Gasteiger partial charge in [-0.3, -0.25) is 0 Å². The van der Waals surface area contributed by atoms with Crippen molar-refractivity contribution in [1.82, 2.24) is 19.9 Å². The lowest BCUT2D eigenvalue weighted by molar-refractivity contribution is -0.131. The molecule has 0 spiro atoms. The van der Waals surface area contributed by atoms with Crippen LogP contribution in [0.1, 0.15) is 16.8 Å². The molecule has 4 aromatic rings. The van der Waals surface area contributed by atoms with Gasteiger partial charge in [0, 0.05) is 53.4 Å². The Morgan fingerprint density at radius 3 is 2.85 bits per heavy atom. The molecule has 0 aliphatic rings. The number of H-pyrrole nitrogens is 1. The van der Waals surface area contributed by atoms with E-state index in [0.717, 1.165) is 46.1 Å². The average molecular weight is 475 g/mol. The van der Waals surface area contributed by atoms with E-state index >= 15 is 0 Å². The summed E-state index contributed by atoms with van der Waals surface area (Å²) in [6.07, 6.45) is 8.57. The maximum atomic E-state index is 10.9. The van der Waals surface area contributed by atoms with Gasteiger partial charge in [0.2, 0.25) is 5.95 Å². The highest BCUT2D eigenvalue weighted by Crippen LogP contribution is 2.29. The zero-order valence-corrected chi connectivity index (χ0v) is 19.2. The van der Waals surface area contributed by atoms with Crippen LogP contribution in [-0.4, -0.2) is 37.6 Å². The molecule has 0 fully saturated rings. The maximum absolute atomic E-state index is 10.9. The normalized spacial score (nSPS) is 11.0. The number of nitrogens with zero attached hydrogens (tertiary/aromatic N) is 3. The molecule has 0 saturated heterocycles. The fraction of sp³-hybridized carbons (Fsp3) is 0.120. The number of hydrogen-bond donors (Lipinski definition) is 4. The van der Waals surface area contributed by atoms with Crippen molar-refractivity contribution in [3.05, 3.63) is 89.1 Å². The first-order valence-corrected chi connectivity index (χ1v) is 11.0. The molecule has 34 heavy (non-hydrogen) atoms. The standard InChI is InChI=1S/C25H23ClN6O2/c1-16-5-7-19(12-22(16)26)31-25-29-14-21(18-4-2-3-17(11-18)6-8-23(33)34)24(32-25)28-10-9-20-13-27-15-30-20/h2-8,11-15H,9-10H2,1H3,(H,27,30)(H,33,34)(H2,28,29,31,32)/b8-6+. The second-order valence-corrected chi connectivity index (χ2v) is 8.00. The van der Waals surface area contributed by atoms with E-state index < -0.39 is 5.97 Å². The van der Waals surface area contributed by atoms with Crippen molar-refractivity contribution < 1.29 is 9.90 Å². The Kier molecular flexibility index (Phi) is 7.19. The number of carboxylic acid groups (broad SMARTS) is 1. The van der Waals surface area contributed by atoms with Crippen LogP contribution in [0.25, 0.3) is 17.2 Å². The lowest BCUT2D eigenvalue weighted by Crippen LogP contribution is -2.09. The Balaban J connectivity index is 1.63. The first kappa shape index (κ1) is 23.0. The van der Waals surface area contributed by atoms with E-state index in [9.17, 15) is 4.79 Å². The molecule has 4 N–H and O–H groups in total. The zero-order valence-electron chi connectivity index (χ0n) is 18.4. The number of halogens is 1. The SMILES string of the molecule is Cc1ccc(Nc2ncc(-c3cccc(/C=C/C(=O)O)c3)c(NCCc3cnc[nH]3)n2)cc1Cl. The third kappa shape index (κ3) is 5.99. The number of hydrogen-bond acceptors (Lipinski definition) is 6. The van der Waals surface area contributed by atoms with Gasteiger partial charge in [-0.2, -0.15) is 4.98 Å². The number of nitrogens with one attached hydrogen (secondary N) is 3. The van der Waals surface area contributed by atoms with Gasteiger partial charge >= 0.3 is 5.97 Å². The largest absolute Gasteiger partial charge is 0.478 e. The van der Waals surface area contributed by atoms with E-state index in [0.29, 0.717) is 23.3 Å². The Labute approximate surface area is 201 Å². The van der Waals surface area contributed by atoms with Crippen molar-refractivity contribution in [2.45, 2.75) is 13.3 Å². The number of anilines is 3. The van der Waals surface area contributed by atoms with Crippen molar-refractivity contribution in [2.24, 2.45) is 0 Å². The first-order chi connectivity index (χ1) is 16.5. The first-order valence-electron chi connectivity index (χ1n) is 10.6. The van der Waals surface area contributed by atoms with Crippen LogP contribution < -0.4 is 10.6 Å². The van der Waals surface area contributed by atoms with Crippen LogP contribution in [0.5, 0.6) is 0 Å². The molecule has 0 saturated carbocycles. The molecule has 2 aromatic carbocycles. The number of aliphatic carboxylic acids is 1. The fourth-order valence-corrected chi connectivity index (χ4v) is 3.48. The topological polar surface area (TPSA) is 116 Å². The molecule has 0 bridgehead atoms. The third-order valence-corrected chi connectivity index (χ3v) is 5.48. The number of benzene rings is 2. The molecule has 9 heteroatoms. The molecule has 0 radical (unpaired) electrons. The van der Waals surface area contributed by atoms with Crippen LogP contribution in [0.4, 0.5) is 17.5 Å². The molecule has 0 aliphatic carbocycles. The summed E-state index contributed by atoms with van der Waals surface area (Å²) < 4.78 is 0. The van der Waals surface area contributed by atoms with Gasteiger partial charge in [-0.15, -0.1) is 0 Å². The smallest absolute Gasteiger partial charge is 0.328 e. The van der Waals surface area contributed by atoms with Gasteiger partial charge in [-0.1, -0.05) is 35.9 Å². The van der Waals surface area contributed by atoms with Crippen molar-refractivity contribution in [1.29, 1.82) is 0 Å². The minimum Gasteiger partial charge on any atom is -0.478 e. The molecule has 2 aromatic heterocycles. The second kappa shape index (κ2) is 10.6. The summed E-state index contributed by atoms with van der Waals surface area (Å²) in [7, 11) is 0. The fourth-order valence-electron chi connectivity index (χ4n) is 3.30. The van der Waals surface area contributed by atoms with Crippen molar-refractivity contribution >= 4 is 41.1 Å². The Bertz CT molecular complexity index is 1320. The predicted molar refractivity (Wildman–Crippen MR) is 134 cm³/mol. The molecule has 4 rings (SSSR count). The van der Waals surface area contributed by atoms with Crippen LogP contribution in [0, 0.1) is 6.92 Å². The quantitative estimate of drug-likeness (QED) is 0.242. The summed E-state index contributed by atoms with van der Waals surface area (Å²) in [5.41, 5.74) is 5.20. The summed E-state index contributed by atoms with van der Waals surface area (Å²) in [5.74, 6) is 0.0748. The summed E-state index contributed by atoms with van der Waals surface area (Å²) in [4.78, 5) is 27.2. The summed E-state index contributed by atoms with van der Waals surface area (Å²) in [6.45, 7) is 2.57.